The molecule has 0 unspecified atom stereocenters. The molecular formula is C23H20N6. The molecule has 0 fully saturated rings. The monoisotopic (exact) mass is 380 g/mol. The van der Waals surface area contributed by atoms with E-state index in [4.69, 9.17) is 4.98 Å². The fourth-order valence-electron chi connectivity index (χ4n) is 3.47. The highest BCUT2D eigenvalue weighted by molar-refractivity contribution is 5.83. The average Bonchev–Trinajstić information content (AvgIpc) is 3.16. The van der Waals surface area contributed by atoms with Crippen molar-refractivity contribution in [1.29, 1.82) is 0 Å². The van der Waals surface area contributed by atoms with Gasteiger partial charge in [0.15, 0.2) is 5.65 Å². The lowest BCUT2D eigenvalue weighted by atomic mass is 10.2. The first kappa shape index (κ1) is 17.2. The number of aromatic nitrogens is 4. The molecule has 0 amide bonds. The summed E-state index contributed by atoms with van der Waals surface area (Å²) >= 11 is 0. The summed E-state index contributed by atoms with van der Waals surface area (Å²) in [6.45, 7) is 0.799. The summed E-state index contributed by atoms with van der Waals surface area (Å²) < 4.78 is 1.81. The fourth-order valence-corrected chi connectivity index (χ4v) is 3.47. The molecule has 142 valence electrons. The molecule has 3 aromatic heterocycles. The molecular weight excluding hydrogens is 360 g/mol. The molecule has 3 heterocycles. The van der Waals surface area contributed by atoms with E-state index in [1.807, 2.05) is 47.1 Å². The minimum absolute atomic E-state index is 0.564. The van der Waals surface area contributed by atoms with Crippen LogP contribution in [0, 0.1) is 0 Å². The van der Waals surface area contributed by atoms with Gasteiger partial charge in [-0.25, -0.2) is 4.52 Å². The predicted octanol–water partition coefficient (Wildman–Crippen LogP) is 4.66. The second-order valence-electron chi connectivity index (χ2n) is 6.97. The zero-order chi connectivity index (χ0) is 19.6. The third-order valence-electron chi connectivity index (χ3n) is 4.87. The van der Waals surface area contributed by atoms with E-state index in [2.05, 4.69) is 63.7 Å². The third kappa shape index (κ3) is 3.48. The highest BCUT2D eigenvalue weighted by Crippen LogP contribution is 2.24. The molecule has 0 radical (unpaired) electrons. The van der Waals surface area contributed by atoms with E-state index in [9.17, 15) is 0 Å². The number of rotatable bonds is 5. The number of hydrogen-bond donors (Lipinski definition) is 1. The van der Waals surface area contributed by atoms with Gasteiger partial charge < -0.3 is 10.2 Å². The maximum absolute atomic E-state index is 4.73. The first-order chi connectivity index (χ1) is 14.3. The highest BCUT2D eigenvalue weighted by atomic mass is 15.4. The average molecular weight is 380 g/mol. The van der Waals surface area contributed by atoms with Crippen molar-refractivity contribution < 1.29 is 0 Å². The topological polar surface area (TPSA) is 58.4 Å². The molecule has 5 aromatic rings. The Morgan fingerprint density at radius 2 is 1.86 bits per heavy atom. The van der Waals surface area contributed by atoms with Crippen molar-refractivity contribution >= 4 is 33.9 Å². The molecule has 6 nitrogen and oxygen atoms in total. The number of benzene rings is 2. The van der Waals surface area contributed by atoms with Crippen molar-refractivity contribution in [3.05, 3.63) is 90.8 Å². The van der Waals surface area contributed by atoms with Gasteiger partial charge in [-0.2, -0.15) is 4.98 Å². The number of hydrogen-bond acceptors (Lipinski definition) is 5. The van der Waals surface area contributed by atoms with Crippen molar-refractivity contribution in [3.63, 3.8) is 0 Å². The molecule has 0 bridgehead atoms. The summed E-state index contributed by atoms with van der Waals surface area (Å²) in [6, 6.07) is 24.5. The Balaban J connectivity index is 1.44. The van der Waals surface area contributed by atoms with Crippen LogP contribution in [0.3, 0.4) is 0 Å². The Bertz CT molecular complexity index is 1280. The Morgan fingerprint density at radius 1 is 0.966 bits per heavy atom. The summed E-state index contributed by atoms with van der Waals surface area (Å²) in [6.07, 6.45) is 3.71. The van der Waals surface area contributed by atoms with Crippen LogP contribution in [0.1, 0.15) is 5.56 Å². The summed E-state index contributed by atoms with van der Waals surface area (Å²) in [5, 5.41) is 8.98. The highest BCUT2D eigenvalue weighted by Gasteiger charge is 2.12. The van der Waals surface area contributed by atoms with Gasteiger partial charge in [0.25, 0.3) is 0 Å². The lowest BCUT2D eigenvalue weighted by Gasteiger charge is -2.19. The standard InChI is InChI=1S/C23H20N6/c1-28(16-17-7-3-2-4-8-17)21-10-6-14-29-22(21)26-23(27-29)25-19-11-12-20-18(15-19)9-5-13-24-20/h2-15H,16H2,1H3,(H,25,27). The summed E-state index contributed by atoms with van der Waals surface area (Å²) in [5.41, 5.74) is 4.99. The van der Waals surface area contributed by atoms with E-state index in [-0.39, 0.29) is 0 Å². The largest absolute Gasteiger partial charge is 0.367 e. The van der Waals surface area contributed by atoms with Crippen molar-refractivity contribution in [2.45, 2.75) is 6.54 Å². The Kier molecular flexibility index (Phi) is 4.29. The van der Waals surface area contributed by atoms with Crippen LogP contribution in [0.5, 0.6) is 0 Å². The molecule has 6 heteroatoms. The molecule has 29 heavy (non-hydrogen) atoms. The van der Waals surface area contributed by atoms with Gasteiger partial charge in [-0.15, -0.1) is 5.10 Å². The van der Waals surface area contributed by atoms with Crippen LogP contribution in [0.25, 0.3) is 16.6 Å². The molecule has 0 aliphatic heterocycles. The van der Waals surface area contributed by atoms with Crippen molar-refractivity contribution in [3.8, 4) is 0 Å². The van der Waals surface area contributed by atoms with Gasteiger partial charge in [0, 0.05) is 37.1 Å². The lowest BCUT2D eigenvalue weighted by Crippen LogP contribution is -2.17. The van der Waals surface area contributed by atoms with E-state index in [1.54, 1.807) is 6.20 Å². The van der Waals surface area contributed by atoms with Crippen LogP contribution in [-0.2, 0) is 6.54 Å². The number of nitrogens with one attached hydrogen (secondary N) is 1. The van der Waals surface area contributed by atoms with Gasteiger partial charge in [0.2, 0.25) is 5.95 Å². The molecule has 0 atom stereocenters. The van der Waals surface area contributed by atoms with Crippen LogP contribution >= 0.6 is 0 Å². The van der Waals surface area contributed by atoms with E-state index < -0.39 is 0 Å². The second kappa shape index (κ2) is 7.24. The van der Waals surface area contributed by atoms with Gasteiger partial charge in [-0.1, -0.05) is 36.4 Å². The van der Waals surface area contributed by atoms with Crippen molar-refractivity contribution in [2.24, 2.45) is 0 Å². The van der Waals surface area contributed by atoms with Crippen LogP contribution in [0.15, 0.2) is 85.2 Å². The minimum Gasteiger partial charge on any atom is -0.367 e. The van der Waals surface area contributed by atoms with Gasteiger partial charge in [0.1, 0.15) is 0 Å². The Labute approximate surface area is 168 Å². The number of fused-ring (bicyclic) bond motifs is 2. The van der Waals surface area contributed by atoms with E-state index in [1.165, 1.54) is 5.56 Å². The molecule has 0 spiro atoms. The van der Waals surface area contributed by atoms with Crippen molar-refractivity contribution in [2.75, 3.05) is 17.3 Å². The van der Waals surface area contributed by atoms with E-state index in [0.717, 1.165) is 34.5 Å². The lowest BCUT2D eigenvalue weighted by molar-refractivity contribution is 0.906. The maximum atomic E-state index is 4.73. The van der Waals surface area contributed by atoms with Crippen LogP contribution in [0.4, 0.5) is 17.3 Å². The zero-order valence-electron chi connectivity index (χ0n) is 16.0. The fraction of sp³-hybridized carbons (Fsp3) is 0.0870. The van der Waals surface area contributed by atoms with Gasteiger partial charge in [0.05, 0.1) is 11.2 Å². The Morgan fingerprint density at radius 3 is 2.76 bits per heavy atom. The summed E-state index contributed by atoms with van der Waals surface area (Å²) in [4.78, 5) is 11.3. The quantitative estimate of drug-likeness (QED) is 0.481. The molecule has 2 aromatic carbocycles. The summed E-state index contributed by atoms with van der Waals surface area (Å²) in [7, 11) is 2.07. The minimum atomic E-state index is 0.564. The first-order valence-corrected chi connectivity index (χ1v) is 9.48. The summed E-state index contributed by atoms with van der Waals surface area (Å²) in [5.74, 6) is 0.564. The molecule has 0 saturated carbocycles. The van der Waals surface area contributed by atoms with Crippen LogP contribution in [-0.4, -0.2) is 26.6 Å². The normalized spacial score (nSPS) is 11.1. The van der Waals surface area contributed by atoms with Crippen LogP contribution in [0.2, 0.25) is 0 Å². The molecule has 0 aliphatic rings. The van der Waals surface area contributed by atoms with Crippen LogP contribution < -0.4 is 10.2 Å². The van der Waals surface area contributed by atoms with Crippen molar-refractivity contribution in [1.82, 2.24) is 19.6 Å². The first-order valence-electron chi connectivity index (χ1n) is 9.48. The SMILES string of the molecule is CN(Cc1ccccc1)c1cccn2nc(Nc3ccc4ncccc4c3)nc12. The van der Waals surface area contributed by atoms with Gasteiger partial charge in [-0.3, -0.25) is 4.98 Å². The number of nitrogens with zero attached hydrogens (tertiary/aromatic N) is 5. The molecule has 5 rings (SSSR count). The van der Waals surface area contributed by atoms with Gasteiger partial charge >= 0.3 is 0 Å². The third-order valence-corrected chi connectivity index (χ3v) is 4.87. The molecule has 1 N–H and O–H groups in total. The van der Waals surface area contributed by atoms with Gasteiger partial charge in [-0.05, 0) is 42.0 Å². The van der Waals surface area contributed by atoms with E-state index >= 15 is 0 Å². The molecule has 0 aliphatic carbocycles. The predicted molar refractivity (Wildman–Crippen MR) is 117 cm³/mol. The molecule has 0 saturated heterocycles. The van der Waals surface area contributed by atoms with E-state index in [0.29, 0.717) is 5.95 Å². The Hall–Kier alpha value is -3.93. The number of pyridine rings is 2. The smallest absolute Gasteiger partial charge is 0.247 e. The second-order valence-corrected chi connectivity index (χ2v) is 6.97. The number of anilines is 3. The maximum Gasteiger partial charge on any atom is 0.247 e. The zero-order valence-corrected chi connectivity index (χ0v) is 16.0.